The molecule has 0 saturated heterocycles. The number of hydrogen-bond acceptors (Lipinski definition) is 6. The topological polar surface area (TPSA) is 106 Å². The zero-order valence-corrected chi connectivity index (χ0v) is 12.3. The van der Waals surface area contributed by atoms with Crippen molar-refractivity contribution < 1.29 is 21.4 Å². The van der Waals surface area contributed by atoms with Crippen molar-refractivity contribution in [2.75, 3.05) is 0 Å². The quantitative estimate of drug-likeness (QED) is 0.609. The summed E-state index contributed by atoms with van der Waals surface area (Å²) in [4.78, 5) is 3.71. The van der Waals surface area contributed by atoms with E-state index in [0.29, 0.717) is 0 Å². The summed E-state index contributed by atoms with van der Waals surface area (Å²) in [5, 5.41) is 0.0230. The highest BCUT2D eigenvalue weighted by Gasteiger charge is 2.31. The Kier molecular flexibility index (Phi) is 4.83. The molecule has 1 aromatic carbocycles. The van der Waals surface area contributed by atoms with Crippen LogP contribution < -0.4 is 8.91 Å². The van der Waals surface area contributed by atoms with Gasteiger partial charge in [0.15, 0.2) is 5.37 Å². The average molecular weight is 334 g/mol. The van der Waals surface area contributed by atoms with E-state index in [-0.39, 0.29) is 10.8 Å². The van der Waals surface area contributed by atoms with Gasteiger partial charge in [0.05, 0.1) is 0 Å². The maximum atomic E-state index is 12.2. The molecule has 0 aliphatic heterocycles. The first-order chi connectivity index (χ1) is 9.49. The molecule has 0 aliphatic carbocycles. The van der Waals surface area contributed by atoms with Crippen LogP contribution in [0.15, 0.2) is 41.9 Å². The predicted octanol–water partition coefficient (Wildman–Crippen LogP) is 1.28. The molecule has 0 radical (unpaired) electrons. The van der Waals surface area contributed by atoms with Gasteiger partial charge in [0.2, 0.25) is 11.3 Å². The fourth-order valence-corrected chi connectivity index (χ4v) is 4.08. The van der Waals surface area contributed by atoms with Gasteiger partial charge in [-0.2, -0.15) is 13.1 Å². The van der Waals surface area contributed by atoms with Crippen molar-refractivity contribution in [3.8, 4) is 5.19 Å². The Balaban J connectivity index is 2.33. The summed E-state index contributed by atoms with van der Waals surface area (Å²) in [7, 11) is -4.21. The van der Waals surface area contributed by atoms with Gasteiger partial charge in [-0.3, -0.25) is 4.55 Å². The van der Waals surface area contributed by atoms with Crippen molar-refractivity contribution in [2.45, 2.75) is 5.37 Å². The molecule has 0 bridgehead atoms. The lowest BCUT2D eigenvalue weighted by atomic mass is 10.2. The maximum Gasteiger partial charge on any atom is 0.332 e. The molecule has 1 heterocycles. The van der Waals surface area contributed by atoms with Crippen molar-refractivity contribution >= 4 is 32.7 Å². The van der Waals surface area contributed by atoms with Crippen molar-refractivity contribution in [1.82, 2.24) is 9.71 Å². The summed E-state index contributed by atoms with van der Waals surface area (Å²) >= 11 is -1.51. The summed E-state index contributed by atoms with van der Waals surface area (Å²) in [6.45, 7) is 0. The molecule has 0 aliphatic rings. The molecule has 2 atom stereocenters. The van der Waals surface area contributed by atoms with Gasteiger partial charge in [-0.05, 0) is 5.56 Å². The molecule has 0 amide bonds. The monoisotopic (exact) mass is 334 g/mol. The number of rotatable bonds is 6. The fourth-order valence-electron chi connectivity index (χ4n) is 1.41. The van der Waals surface area contributed by atoms with Gasteiger partial charge in [0, 0.05) is 11.6 Å². The molecule has 2 rings (SSSR count). The molecule has 2 unspecified atom stereocenters. The van der Waals surface area contributed by atoms with E-state index >= 15 is 0 Å². The third kappa shape index (κ3) is 3.84. The van der Waals surface area contributed by atoms with Gasteiger partial charge >= 0.3 is 10.1 Å². The molecule has 20 heavy (non-hydrogen) atoms. The molecule has 0 spiro atoms. The Bertz CT molecular complexity index is 672. The van der Waals surface area contributed by atoms with Crippen molar-refractivity contribution in [1.29, 1.82) is 0 Å². The second-order valence-corrected chi connectivity index (χ2v) is 6.75. The maximum absolute atomic E-state index is 12.2. The number of nitrogens with zero attached hydrogens (tertiary/aromatic N) is 1. The van der Waals surface area contributed by atoms with Crippen LogP contribution in [-0.2, 0) is 21.4 Å². The Morgan fingerprint density at radius 1 is 1.35 bits per heavy atom. The normalized spacial score (nSPS) is 14.7. The van der Waals surface area contributed by atoms with E-state index in [1.54, 1.807) is 23.6 Å². The number of benzene rings is 1. The van der Waals surface area contributed by atoms with Gasteiger partial charge < -0.3 is 4.18 Å². The summed E-state index contributed by atoms with van der Waals surface area (Å²) in [6, 6.07) is 7.94. The van der Waals surface area contributed by atoms with Crippen LogP contribution in [0.2, 0.25) is 0 Å². The zero-order valence-electron chi connectivity index (χ0n) is 9.87. The van der Waals surface area contributed by atoms with Crippen LogP contribution in [0.1, 0.15) is 10.9 Å². The van der Waals surface area contributed by atoms with E-state index in [1.807, 2.05) is 4.72 Å². The molecule has 0 fully saturated rings. The Labute approximate surface area is 122 Å². The van der Waals surface area contributed by atoms with Gasteiger partial charge in [-0.25, -0.2) is 9.19 Å². The third-order valence-corrected chi connectivity index (χ3v) is 4.89. The first kappa shape index (κ1) is 15.1. The highest BCUT2D eigenvalue weighted by Crippen LogP contribution is 2.25. The second-order valence-electron chi connectivity index (χ2n) is 3.53. The summed E-state index contributed by atoms with van der Waals surface area (Å²) < 4.78 is 51.0. The van der Waals surface area contributed by atoms with Crippen molar-refractivity contribution in [3.63, 3.8) is 0 Å². The minimum Gasteiger partial charge on any atom is -0.350 e. The minimum absolute atomic E-state index is 0.0588. The number of nitrogens with one attached hydrogen (secondary N) is 1. The van der Waals surface area contributed by atoms with E-state index in [9.17, 15) is 12.6 Å². The number of hydrogen-bond donors (Lipinski definition) is 2. The average Bonchev–Trinajstić information content (AvgIpc) is 2.88. The van der Waals surface area contributed by atoms with Crippen molar-refractivity contribution in [3.05, 3.63) is 47.5 Å². The lowest BCUT2D eigenvalue weighted by Crippen LogP contribution is -2.32. The van der Waals surface area contributed by atoms with E-state index in [4.69, 9.17) is 8.74 Å². The first-order valence-electron chi connectivity index (χ1n) is 5.24. The van der Waals surface area contributed by atoms with E-state index in [2.05, 4.69) is 4.98 Å². The van der Waals surface area contributed by atoms with Gasteiger partial charge in [0.25, 0.3) is 5.19 Å². The molecule has 7 nitrogen and oxygen atoms in total. The highest BCUT2D eigenvalue weighted by atomic mass is 32.2. The molecule has 2 aromatic rings. The van der Waals surface area contributed by atoms with Gasteiger partial charge in [-0.15, -0.1) is 0 Å². The Morgan fingerprint density at radius 2 is 2.05 bits per heavy atom. The molecular weight excluding hydrogens is 324 g/mol. The lowest BCUT2D eigenvalue weighted by molar-refractivity contribution is 0.462. The molecule has 108 valence electrons. The smallest absolute Gasteiger partial charge is 0.332 e. The fraction of sp³-hybridized carbons (Fsp3) is 0.100. The molecular formula is C10H10N2O5S3. The number of thiazole rings is 1. The van der Waals surface area contributed by atoms with Crippen LogP contribution in [0.3, 0.4) is 0 Å². The van der Waals surface area contributed by atoms with E-state index in [1.165, 1.54) is 18.3 Å². The van der Waals surface area contributed by atoms with Crippen LogP contribution >= 0.6 is 11.3 Å². The highest BCUT2D eigenvalue weighted by molar-refractivity contribution is 7.88. The summed E-state index contributed by atoms with van der Waals surface area (Å²) in [5.74, 6) is 0. The largest absolute Gasteiger partial charge is 0.350 e. The van der Waals surface area contributed by atoms with Crippen LogP contribution in [0.5, 0.6) is 5.19 Å². The van der Waals surface area contributed by atoms with Crippen molar-refractivity contribution in [2.24, 2.45) is 0 Å². The van der Waals surface area contributed by atoms with Crippen LogP contribution in [0.4, 0.5) is 0 Å². The SMILES string of the molecule is O=S(O)NC(c1ccccc1)S(=O)(=O)Oc1nccs1. The first-order valence-corrected chi connectivity index (χ1v) is 8.69. The number of aromatic nitrogens is 1. The molecule has 0 saturated carbocycles. The predicted molar refractivity (Wildman–Crippen MR) is 74.8 cm³/mol. The van der Waals surface area contributed by atoms with Crippen LogP contribution in [-0.4, -0.2) is 22.2 Å². The van der Waals surface area contributed by atoms with Gasteiger partial charge in [0.1, 0.15) is 0 Å². The molecule has 10 heteroatoms. The minimum atomic E-state index is -4.21. The lowest BCUT2D eigenvalue weighted by Gasteiger charge is -2.16. The Hall–Kier alpha value is -1.33. The molecule has 2 N–H and O–H groups in total. The van der Waals surface area contributed by atoms with E-state index < -0.39 is 26.8 Å². The van der Waals surface area contributed by atoms with Gasteiger partial charge in [-0.1, -0.05) is 41.7 Å². The Morgan fingerprint density at radius 3 is 2.60 bits per heavy atom. The zero-order chi connectivity index (χ0) is 14.6. The van der Waals surface area contributed by atoms with E-state index in [0.717, 1.165) is 11.3 Å². The standard InChI is InChI=1S/C10H10N2O5S3/c13-19(14)12-9(8-4-2-1-3-5-8)20(15,16)17-10-11-6-7-18-10/h1-7,9,12H,(H,13,14). The second kappa shape index (κ2) is 6.41. The summed E-state index contributed by atoms with van der Waals surface area (Å²) in [6.07, 6.45) is 1.39. The van der Waals surface area contributed by atoms with Crippen LogP contribution in [0.25, 0.3) is 0 Å². The third-order valence-electron chi connectivity index (χ3n) is 2.20. The summed E-state index contributed by atoms with van der Waals surface area (Å²) in [5.41, 5.74) is 0.284. The molecule has 1 aromatic heterocycles. The van der Waals surface area contributed by atoms with Crippen LogP contribution in [0, 0.1) is 0 Å².